The van der Waals surface area contributed by atoms with Crippen molar-refractivity contribution < 1.29 is 38.2 Å². The number of phosphoric acid groups is 1. The van der Waals surface area contributed by atoms with E-state index in [1.165, 1.54) is 24.9 Å². The molecule has 5 heterocycles. The molecule has 0 saturated carbocycles. The second-order valence-electron chi connectivity index (χ2n) is 8.51. The lowest BCUT2D eigenvalue weighted by Crippen LogP contribution is -2.29. The van der Waals surface area contributed by atoms with Gasteiger partial charge < -0.3 is 36.0 Å². The number of imidazole rings is 1. The van der Waals surface area contributed by atoms with Gasteiger partial charge in [-0.1, -0.05) is 0 Å². The normalized spacial score (nSPS) is 29.6. The van der Waals surface area contributed by atoms with E-state index in [9.17, 15) is 24.5 Å². The molecule has 18 heteroatoms. The Bertz CT molecular complexity index is 1390. The van der Waals surface area contributed by atoms with Gasteiger partial charge in [-0.3, -0.25) is 18.2 Å². The average Bonchev–Trinajstić information content (AvgIpc) is 3.54. The summed E-state index contributed by atoms with van der Waals surface area (Å²) in [6.07, 6.45) is -1.53. The van der Waals surface area contributed by atoms with Crippen LogP contribution in [0.3, 0.4) is 0 Å². The molecule has 0 amide bonds. The van der Waals surface area contributed by atoms with Crippen LogP contribution in [0.5, 0.6) is 0 Å². The number of nitrogens with two attached hydrogens (primary N) is 2. The molecule has 2 fully saturated rings. The van der Waals surface area contributed by atoms with Gasteiger partial charge in [0.05, 0.1) is 25.6 Å². The molecule has 0 aliphatic carbocycles. The van der Waals surface area contributed by atoms with Gasteiger partial charge in [0, 0.05) is 19.0 Å². The lowest BCUT2D eigenvalue weighted by molar-refractivity contribution is -0.0566. The summed E-state index contributed by atoms with van der Waals surface area (Å²) >= 11 is 0. The lowest BCUT2D eigenvalue weighted by Gasteiger charge is -2.21. The van der Waals surface area contributed by atoms with Gasteiger partial charge in [-0.25, -0.2) is 24.3 Å². The van der Waals surface area contributed by atoms with E-state index in [4.69, 9.17) is 30.0 Å². The third kappa shape index (κ3) is 5.21. The van der Waals surface area contributed by atoms with Gasteiger partial charge in [-0.05, 0) is 6.07 Å². The molecule has 0 bridgehead atoms. The number of aromatic nitrogens is 6. The minimum atomic E-state index is -4.69. The molecule has 2 aliphatic rings. The van der Waals surface area contributed by atoms with Crippen LogP contribution in [-0.4, -0.2) is 81.8 Å². The maximum Gasteiger partial charge on any atom is 0.472 e. The molecule has 5 rings (SSSR count). The van der Waals surface area contributed by atoms with E-state index in [0.717, 1.165) is 4.57 Å². The summed E-state index contributed by atoms with van der Waals surface area (Å²) in [5.41, 5.74) is 11.4. The van der Waals surface area contributed by atoms with Crippen LogP contribution in [0, 0.1) is 0 Å². The molecule has 37 heavy (non-hydrogen) atoms. The van der Waals surface area contributed by atoms with E-state index in [0.29, 0.717) is 11.2 Å². The summed E-state index contributed by atoms with van der Waals surface area (Å²) in [6.45, 7) is -1.01. The lowest BCUT2D eigenvalue weighted by atomic mass is 10.2. The Morgan fingerprint density at radius 3 is 2.65 bits per heavy atom. The summed E-state index contributed by atoms with van der Waals surface area (Å²) in [5.74, 6) is 0.216. The van der Waals surface area contributed by atoms with Crippen LogP contribution in [0.15, 0.2) is 29.7 Å². The van der Waals surface area contributed by atoms with E-state index in [-0.39, 0.29) is 24.5 Å². The molecule has 0 aromatic carbocycles. The molecule has 17 nitrogen and oxygen atoms in total. The molecular formula is C19H25N8O9P. The average molecular weight is 540 g/mol. The molecule has 7 atom stereocenters. The fourth-order valence-corrected chi connectivity index (χ4v) is 5.24. The van der Waals surface area contributed by atoms with Gasteiger partial charge in [-0.15, -0.1) is 0 Å². The number of anilines is 2. The van der Waals surface area contributed by atoms with E-state index >= 15 is 0 Å². The van der Waals surface area contributed by atoms with Crippen molar-refractivity contribution in [3.63, 3.8) is 0 Å². The minimum Gasteiger partial charge on any atom is -0.394 e. The van der Waals surface area contributed by atoms with Crippen LogP contribution >= 0.6 is 7.82 Å². The summed E-state index contributed by atoms with van der Waals surface area (Å²) < 4.78 is 37.2. The molecular weight excluding hydrogens is 515 g/mol. The molecule has 0 spiro atoms. The standard InChI is InChI=1S/C19H25N8O9P/c20-13-1-2-26(19(30)25-13)14-3-9(29)12(35-14)6-33-37(31,32)36-10-4-15(34-11(10)5-28)27-8-24-16-17(21)22-7-23-18(16)27/h1-2,7-12,14-15,28-29H,3-6H2,(H,31,32)(H2,20,25,30)(H2,21,22,23)/t9-,10-,11+,12+,14+,15+/m0/s1. The summed E-state index contributed by atoms with van der Waals surface area (Å²) in [7, 11) is -4.69. The first-order valence-corrected chi connectivity index (χ1v) is 12.7. The summed E-state index contributed by atoms with van der Waals surface area (Å²) in [4.78, 5) is 38.1. The topological polar surface area (TPSA) is 245 Å². The van der Waals surface area contributed by atoms with E-state index in [1.807, 2.05) is 0 Å². The van der Waals surface area contributed by atoms with Crippen LogP contribution in [0.4, 0.5) is 11.6 Å². The van der Waals surface area contributed by atoms with Gasteiger partial charge in [0.1, 0.15) is 48.4 Å². The van der Waals surface area contributed by atoms with Gasteiger partial charge in [-0.2, -0.15) is 4.98 Å². The van der Waals surface area contributed by atoms with Crippen LogP contribution in [0.25, 0.3) is 11.2 Å². The van der Waals surface area contributed by atoms with Crippen molar-refractivity contribution in [2.75, 3.05) is 24.7 Å². The number of aliphatic hydroxyl groups is 2. The van der Waals surface area contributed by atoms with Gasteiger partial charge in [0.15, 0.2) is 11.5 Å². The first-order valence-electron chi connectivity index (χ1n) is 11.2. The van der Waals surface area contributed by atoms with Gasteiger partial charge in [0.25, 0.3) is 0 Å². The van der Waals surface area contributed by atoms with Crippen molar-refractivity contribution in [2.45, 2.75) is 49.7 Å². The maximum absolute atomic E-state index is 12.7. The predicted octanol–water partition coefficient (Wildman–Crippen LogP) is -1.32. The number of ether oxygens (including phenoxy) is 2. The summed E-state index contributed by atoms with van der Waals surface area (Å²) in [5, 5.41) is 20.1. The van der Waals surface area contributed by atoms with Crippen LogP contribution in [0.2, 0.25) is 0 Å². The van der Waals surface area contributed by atoms with Crippen LogP contribution in [0.1, 0.15) is 25.3 Å². The first-order chi connectivity index (χ1) is 17.6. The number of phosphoric ester groups is 1. The van der Waals surface area contributed by atoms with Crippen molar-refractivity contribution >= 4 is 30.6 Å². The number of nitrogen functional groups attached to an aromatic ring is 2. The molecule has 0 radical (unpaired) electrons. The van der Waals surface area contributed by atoms with E-state index in [2.05, 4.69) is 19.9 Å². The number of hydrogen-bond acceptors (Lipinski definition) is 14. The largest absolute Gasteiger partial charge is 0.472 e. The second kappa shape index (κ2) is 10.0. The summed E-state index contributed by atoms with van der Waals surface area (Å²) in [6, 6.07) is 1.40. The zero-order valence-corrected chi connectivity index (χ0v) is 20.1. The van der Waals surface area contributed by atoms with E-state index < -0.39 is 63.6 Å². The predicted molar refractivity (Wildman–Crippen MR) is 123 cm³/mol. The molecule has 200 valence electrons. The Morgan fingerprint density at radius 1 is 1.14 bits per heavy atom. The Morgan fingerprint density at radius 2 is 1.89 bits per heavy atom. The SMILES string of the molecule is Nc1ccn([C@H]2C[C@H](O)[C@@H](COP(=O)(O)O[C@H]3C[C@H](n4cnc5c(N)ncnc54)O[C@@H]3CO)O2)c(=O)n1. The monoisotopic (exact) mass is 540 g/mol. The first kappa shape index (κ1) is 25.6. The van der Waals surface area contributed by atoms with Crippen molar-refractivity contribution in [1.82, 2.24) is 29.1 Å². The molecule has 2 saturated heterocycles. The fraction of sp³-hybridized carbons (Fsp3) is 0.526. The third-order valence-electron chi connectivity index (χ3n) is 6.09. The highest BCUT2D eigenvalue weighted by Crippen LogP contribution is 2.49. The number of nitrogens with zero attached hydrogens (tertiary/aromatic N) is 6. The van der Waals surface area contributed by atoms with Crippen molar-refractivity contribution in [3.05, 3.63) is 35.4 Å². The van der Waals surface area contributed by atoms with Crippen molar-refractivity contribution in [2.24, 2.45) is 0 Å². The Hall–Kier alpha value is -3.02. The number of fused-ring (bicyclic) bond motifs is 1. The highest BCUT2D eigenvalue weighted by molar-refractivity contribution is 7.47. The Balaban J connectivity index is 1.21. The maximum atomic E-state index is 12.7. The van der Waals surface area contributed by atoms with Crippen LogP contribution < -0.4 is 17.2 Å². The Kier molecular flexibility index (Phi) is 6.95. The van der Waals surface area contributed by atoms with Gasteiger partial charge >= 0.3 is 13.5 Å². The number of aliphatic hydroxyl groups excluding tert-OH is 2. The fourth-order valence-electron chi connectivity index (χ4n) is 4.28. The van der Waals surface area contributed by atoms with E-state index in [1.54, 1.807) is 4.57 Å². The number of rotatable bonds is 8. The zero-order chi connectivity index (χ0) is 26.3. The van der Waals surface area contributed by atoms with Crippen molar-refractivity contribution in [3.8, 4) is 0 Å². The minimum absolute atomic E-state index is 0.0216. The number of hydrogen-bond donors (Lipinski definition) is 5. The molecule has 7 N–H and O–H groups in total. The van der Waals surface area contributed by atoms with Gasteiger partial charge in [0.2, 0.25) is 0 Å². The quantitative estimate of drug-likeness (QED) is 0.208. The molecule has 1 unspecified atom stereocenters. The smallest absolute Gasteiger partial charge is 0.394 e. The molecule has 3 aromatic heterocycles. The molecule has 2 aliphatic heterocycles. The molecule has 3 aromatic rings. The van der Waals surface area contributed by atoms with Crippen molar-refractivity contribution in [1.29, 1.82) is 0 Å². The zero-order valence-electron chi connectivity index (χ0n) is 19.2. The second-order valence-corrected chi connectivity index (χ2v) is 9.92. The Labute approximate surface area is 208 Å². The van der Waals surface area contributed by atoms with Crippen LogP contribution in [-0.2, 0) is 23.1 Å². The highest BCUT2D eigenvalue weighted by Gasteiger charge is 2.43. The third-order valence-corrected chi connectivity index (χ3v) is 7.11. The highest BCUT2D eigenvalue weighted by atomic mass is 31.2.